The molecule has 0 saturated carbocycles. The van der Waals surface area contributed by atoms with Crippen LogP contribution in [0.5, 0.6) is 0 Å². The summed E-state index contributed by atoms with van der Waals surface area (Å²) in [6, 6.07) is 7.17. The Labute approximate surface area is 140 Å². The molecule has 1 aromatic carbocycles. The second-order valence-electron chi connectivity index (χ2n) is 6.17. The fraction of sp³-hybridized carbons (Fsp3) is 0.471. The number of nitrogens with one attached hydrogen (secondary N) is 1. The van der Waals surface area contributed by atoms with Crippen LogP contribution < -0.4 is 5.32 Å². The third kappa shape index (κ3) is 3.26. The van der Waals surface area contributed by atoms with Crippen molar-refractivity contribution >= 4 is 17.8 Å². The fourth-order valence-corrected chi connectivity index (χ4v) is 3.36. The molecular weight excluding hydrogens is 310 g/mol. The summed E-state index contributed by atoms with van der Waals surface area (Å²) in [6.45, 7) is 1.31. The molecule has 0 bridgehead atoms. The quantitative estimate of drug-likeness (QED) is 0.858. The van der Waals surface area contributed by atoms with E-state index in [9.17, 15) is 19.5 Å². The zero-order chi connectivity index (χ0) is 17.1. The predicted octanol–water partition coefficient (Wildman–Crippen LogP) is 0.871. The van der Waals surface area contributed by atoms with Crippen LogP contribution in [0, 0.1) is 0 Å². The molecule has 2 amide bonds. The Morgan fingerprint density at radius 2 is 1.75 bits per heavy atom. The Kier molecular flexibility index (Phi) is 4.80. The smallest absolute Gasteiger partial charge is 0.328 e. The number of fused-ring (bicyclic) bond motifs is 1. The minimum absolute atomic E-state index is 0.314. The van der Waals surface area contributed by atoms with E-state index in [0.717, 1.165) is 12.8 Å². The Hall–Kier alpha value is -2.41. The first-order valence-corrected chi connectivity index (χ1v) is 8.24. The Morgan fingerprint density at radius 1 is 1.08 bits per heavy atom. The molecule has 0 aromatic heterocycles. The molecule has 3 rings (SSSR count). The van der Waals surface area contributed by atoms with Crippen molar-refractivity contribution in [3.8, 4) is 0 Å². The van der Waals surface area contributed by atoms with Gasteiger partial charge in [-0.1, -0.05) is 18.2 Å². The van der Waals surface area contributed by atoms with Crippen LogP contribution in [-0.4, -0.2) is 58.1 Å². The average molecular weight is 331 g/mol. The average Bonchev–Trinajstić information content (AvgIpc) is 2.75. The number of carboxylic acids is 1. The summed E-state index contributed by atoms with van der Waals surface area (Å²) in [6.07, 6.45) is 2.43. The largest absolute Gasteiger partial charge is 0.480 e. The van der Waals surface area contributed by atoms with Gasteiger partial charge in [-0.3, -0.25) is 14.6 Å². The van der Waals surface area contributed by atoms with Gasteiger partial charge >= 0.3 is 5.97 Å². The van der Waals surface area contributed by atoms with Crippen molar-refractivity contribution in [3.63, 3.8) is 0 Å². The van der Waals surface area contributed by atoms with Crippen LogP contribution in [0.15, 0.2) is 30.3 Å². The van der Waals surface area contributed by atoms with Crippen molar-refractivity contribution in [3.05, 3.63) is 35.9 Å². The highest BCUT2D eigenvalue weighted by Gasteiger charge is 2.41. The number of hydrogen-bond acceptors (Lipinski definition) is 4. The molecule has 2 unspecified atom stereocenters. The molecule has 2 fully saturated rings. The van der Waals surface area contributed by atoms with Crippen molar-refractivity contribution in [1.29, 1.82) is 0 Å². The monoisotopic (exact) mass is 331 g/mol. The van der Waals surface area contributed by atoms with Crippen molar-refractivity contribution < 1.29 is 19.5 Å². The van der Waals surface area contributed by atoms with Crippen LogP contribution in [0.1, 0.15) is 36.0 Å². The summed E-state index contributed by atoms with van der Waals surface area (Å²) >= 11 is 0. The molecule has 2 N–H and O–H groups in total. The van der Waals surface area contributed by atoms with Crippen molar-refractivity contribution in [2.75, 3.05) is 13.1 Å². The predicted molar refractivity (Wildman–Crippen MR) is 86.0 cm³/mol. The lowest BCUT2D eigenvalue weighted by molar-refractivity contribution is -0.174. The second kappa shape index (κ2) is 7.00. The standard InChI is InChI=1S/C17H21N3O4/c21-15(12-6-2-1-3-7-12)18-13-8-4-10-19-11-5-9-14(17(23)24)20(19)16(13)22/h1-3,6-7,13-14H,4-5,8-11H2,(H,18,21)(H,23,24). The highest BCUT2D eigenvalue weighted by Crippen LogP contribution is 2.24. The molecule has 2 aliphatic heterocycles. The maximum absolute atomic E-state index is 12.9. The zero-order valence-electron chi connectivity index (χ0n) is 13.4. The Morgan fingerprint density at radius 3 is 2.42 bits per heavy atom. The van der Waals surface area contributed by atoms with Gasteiger partial charge in [0.15, 0.2) is 0 Å². The fourth-order valence-electron chi connectivity index (χ4n) is 3.36. The van der Waals surface area contributed by atoms with E-state index < -0.39 is 18.1 Å². The first-order chi connectivity index (χ1) is 11.6. The minimum Gasteiger partial charge on any atom is -0.480 e. The third-order valence-electron chi connectivity index (χ3n) is 4.55. The van der Waals surface area contributed by atoms with Gasteiger partial charge in [0, 0.05) is 18.7 Å². The molecule has 2 atom stereocenters. The molecule has 0 radical (unpaired) electrons. The molecule has 0 spiro atoms. The SMILES string of the molecule is O=C(NC1CCCN2CCCC(C(=O)O)N2C1=O)c1ccccc1. The summed E-state index contributed by atoms with van der Waals surface area (Å²) in [4.78, 5) is 36.7. The number of carbonyl (C=O) groups excluding carboxylic acids is 2. The molecule has 0 aliphatic carbocycles. The maximum Gasteiger partial charge on any atom is 0.328 e. The van der Waals surface area contributed by atoms with E-state index in [1.165, 1.54) is 5.01 Å². The lowest BCUT2D eigenvalue weighted by Gasteiger charge is -2.42. The molecule has 128 valence electrons. The molecule has 2 aliphatic rings. The molecule has 2 saturated heterocycles. The van der Waals surface area contributed by atoms with Gasteiger partial charge in [0.1, 0.15) is 12.1 Å². The minimum atomic E-state index is -0.997. The number of carbonyl (C=O) groups is 3. The molecular formula is C17H21N3O4. The van der Waals surface area contributed by atoms with Gasteiger partial charge in [-0.15, -0.1) is 0 Å². The molecule has 1 aromatic rings. The molecule has 7 heteroatoms. The lowest BCUT2D eigenvalue weighted by atomic mass is 10.1. The van der Waals surface area contributed by atoms with E-state index in [-0.39, 0.29) is 11.8 Å². The van der Waals surface area contributed by atoms with Crippen LogP contribution in [0.4, 0.5) is 0 Å². The number of hydrazine groups is 1. The summed E-state index contributed by atoms with van der Waals surface area (Å²) in [5.41, 5.74) is 0.486. The normalized spacial score (nSPS) is 24.8. The highest BCUT2D eigenvalue weighted by atomic mass is 16.4. The topological polar surface area (TPSA) is 89.9 Å². The molecule has 7 nitrogen and oxygen atoms in total. The number of rotatable bonds is 3. The number of carboxylic acid groups (broad SMARTS) is 1. The van der Waals surface area contributed by atoms with Gasteiger partial charge in [-0.25, -0.2) is 9.80 Å². The van der Waals surface area contributed by atoms with Gasteiger partial charge in [-0.2, -0.15) is 0 Å². The van der Waals surface area contributed by atoms with E-state index in [4.69, 9.17) is 0 Å². The number of hydrogen-bond donors (Lipinski definition) is 2. The summed E-state index contributed by atoms with van der Waals surface area (Å²) in [5, 5.41) is 15.4. The van der Waals surface area contributed by atoms with E-state index in [1.807, 2.05) is 11.1 Å². The van der Waals surface area contributed by atoms with E-state index >= 15 is 0 Å². The number of amides is 2. The number of aliphatic carboxylic acids is 1. The van der Waals surface area contributed by atoms with Gasteiger partial charge in [0.05, 0.1) is 0 Å². The van der Waals surface area contributed by atoms with E-state index in [2.05, 4.69) is 5.32 Å². The third-order valence-corrected chi connectivity index (χ3v) is 4.55. The van der Waals surface area contributed by atoms with Crippen LogP contribution in [0.3, 0.4) is 0 Å². The second-order valence-corrected chi connectivity index (χ2v) is 6.17. The molecule has 24 heavy (non-hydrogen) atoms. The first-order valence-electron chi connectivity index (χ1n) is 8.24. The number of benzene rings is 1. The zero-order valence-corrected chi connectivity index (χ0v) is 13.4. The summed E-state index contributed by atoms with van der Waals surface area (Å²) in [5.74, 6) is -1.64. The van der Waals surface area contributed by atoms with Crippen molar-refractivity contribution in [1.82, 2.24) is 15.3 Å². The first kappa shape index (κ1) is 16.4. The van der Waals surface area contributed by atoms with Crippen LogP contribution in [-0.2, 0) is 9.59 Å². The van der Waals surface area contributed by atoms with Gasteiger partial charge in [-0.05, 0) is 37.8 Å². The van der Waals surface area contributed by atoms with Crippen molar-refractivity contribution in [2.24, 2.45) is 0 Å². The van der Waals surface area contributed by atoms with Gasteiger partial charge in [0.25, 0.3) is 11.8 Å². The lowest BCUT2D eigenvalue weighted by Crippen LogP contribution is -2.61. The Bertz CT molecular complexity index is 634. The maximum atomic E-state index is 12.9. The summed E-state index contributed by atoms with van der Waals surface area (Å²) < 4.78 is 0. The van der Waals surface area contributed by atoms with Crippen LogP contribution in [0.2, 0.25) is 0 Å². The van der Waals surface area contributed by atoms with E-state index in [0.29, 0.717) is 31.5 Å². The number of nitrogens with zero attached hydrogens (tertiary/aromatic N) is 2. The van der Waals surface area contributed by atoms with Gasteiger partial charge < -0.3 is 10.4 Å². The Balaban J connectivity index is 1.78. The van der Waals surface area contributed by atoms with Crippen LogP contribution in [0.25, 0.3) is 0 Å². The molecule has 2 heterocycles. The highest BCUT2D eigenvalue weighted by molar-refractivity contribution is 5.98. The summed E-state index contributed by atoms with van der Waals surface area (Å²) in [7, 11) is 0. The van der Waals surface area contributed by atoms with E-state index in [1.54, 1.807) is 24.3 Å². The van der Waals surface area contributed by atoms with Gasteiger partial charge in [0.2, 0.25) is 0 Å². The van der Waals surface area contributed by atoms with Crippen molar-refractivity contribution in [2.45, 2.75) is 37.8 Å². The van der Waals surface area contributed by atoms with Crippen LogP contribution >= 0.6 is 0 Å².